The van der Waals surface area contributed by atoms with Crippen LogP contribution >= 0.6 is 0 Å². The molecule has 0 saturated carbocycles. The number of hydrogen-bond acceptors (Lipinski definition) is 4. The number of carbonyl (C=O) groups is 1. The first-order chi connectivity index (χ1) is 9.60. The summed E-state index contributed by atoms with van der Waals surface area (Å²) in [7, 11) is 0. The summed E-state index contributed by atoms with van der Waals surface area (Å²) in [4.78, 5) is 16.6. The van der Waals surface area contributed by atoms with Crippen LogP contribution in [-0.4, -0.2) is 73.7 Å². The number of hydrogen-bond donors (Lipinski definition) is 1. The normalized spacial score (nSPS) is 22.4. The second-order valence-electron chi connectivity index (χ2n) is 5.29. The maximum Gasteiger partial charge on any atom is 0.237 e. The van der Waals surface area contributed by atoms with Crippen LogP contribution in [0.25, 0.3) is 0 Å². The first-order valence-electron chi connectivity index (χ1n) is 7.54. The number of nitrogens with one attached hydrogen (secondary N) is 1. The molecule has 20 heavy (non-hydrogen) atoms. The predicted octanol–water partition coefficient (Wildman–Crippen LogP) is 0.720. The molecule has 5 heteroatoms. The van der Waals surface area contributed by atoms with Gasteiger partial charge < -0.3 is 10.1 Å². The molecule has 5 nitrogen and oxygen atoms in total. The quantitative estimate of drug-likeness (QED) is 0.527. The Bertz CT molecular complexity index is 309. The van der Waals surface area contributed by atoms with Crippen molar-refractivity contribution in [1.29, 1.82) is 0 Å². The van der Waals surface area contributed by atoms with Crippen molar-refractivity contribution in [3.63, 3.8) is 0 Å². The molecular formula is C15H29N3O2. The van der Waals surface area contributed by atoms with E-state index in [2.05, 4.69) is 28.6 Å². The number of nitrogens with zero attached hydrogens (tertiary/aromatic N) is 2. The monoisotopic (exact) mass is 283 g/mol. The Morgan fingerprint density at radius 3 is 2.90 bits per heavy atom. The summed E-state index contributed by atoms with van der Waals surface area (Å²) < 4.78 is 5.41. The molecule has 0 aromatic carbocycles. The first kappa shape index (κ1) is 17.1. The summed E-state index contributed by atoms with van der Waals surface area (Å²) >= 11 is 0. The van der Waals surface area contributed by atoms with Crippen LogP contribution in [0.15, 0.2) is 12.7 Å². The van der Waals surface area contributed by atoms with Crippen LogP contribution in [0, 0.1) is 0 Å². The van der Waals surface area contributed by atoms with Gasteiger partial charge in [-0.3, -0.25) is 14.6 Å². The van der Waals surface area contributed by atoms with Gasteiger partial charge in [0.15, 0.2) is 0 Å². The van der Waals surface area contributed by atoms with Gasteiger partial charge >= 0.3 is 0 Å². The summed E-state index contributed by atoms with van der Waals surface area (Å²) in [5.41, 5.74) is 0. The van der Waals surface area contributed by atoms with Crippen molar-refractivity contribution in [2.45, 2.75) is 32.9 Å². The van der Waals surface area contributed by atoms with E-state index in [1.54, 1.807) is 6.08 Å². The molecule has 1 aliphatic heterocycles. The summed E-state index contributed by atoms with van der Waals surface area (Å²) in [6.07, 6.45) is 1.71. The largest absolute Gasteiger partial charge is 0.380 e. The van der Waals surface area contributed by atoms with E-state index >= 15 is 0 Å². The molecule has 0 spiro atoms. The summed E-state index contributed by atoms with van der Waals surface area (Å²) in [6, 6.07) is 0.380. The Balaban J connectivity index is 2.37. The lowest BCUT2D eigenvalue weighted by atomic mass is 10.1. The first-order valence-corrected chi connectivity index (χ1v) is 7.54. The van der Waals surface area contributed by atoms with Gasteiger partial charge in [-0.25, -0.2) is 0 Å². The van der Waals surface area contributed by atoms with E-state index in [9.17, 15) is 4.79 Å². The third kappa shape index (κ3) is 5.23. The number of piperazine rings is 1. The van der Waals surface area contributed by atoms with E-state index in [-0.39, 0.29) is 11.9 Å². The van der Waals surface area contributed by atoms with Crippen molar-refractivity contribution in [3.8, 4) is 0 Å². The van der Waals surface area contributed by atoms with Gasteiger partial charge in [0.25, 0.3) is 0 Å². The fourth-order valence-electron chi connectivity index (χ4n) is 2.52. The van der Waals surface area contributed by atoms with Gasteiger partial charge in [0.05, 0.1) is 12.6 Å². The Hall–Kier alpha value is -0.910. The molecule has 0 unspecified atom stereocenters. The molecule has 0 aromatic rings. The Morgan fingerprint density at radius 2 is 2.30 bits per heavy atom. The fourth-order valence-corrected chi connectivity index (χ4v) is 2.52. The second-order valence-corrected chi connectivity index (χ2v) is 5.29. The van der Waals surface area contributed by atoms with Gasteiger partial charge in [-0.2, -0.15) is 0 Å². The lowest BCUT2D eigenvalue weighted by Gasteiger charge is -2.41. The molecule has 116 valence electrons. The van der Waals surface area contributed by atoms with Crippen molar-refractivity contribution >= 4 is 5.91 Å². The van der Waals surface area contributed by atoms with E-state index in [0.717, 1.165) is 39.4 Å². The average molecular weight is 283 g/mol. The molecule has 1 N–H and O–H groups in total. The Labute approximate surface area is 122 Å². The zero-order chi connectivity index (χ0) is 15.0. The third-order valence-corrected chi connectivity index (χ3v) is 3.87. The molecule has 1 saturated heterocycles. The van der Waals surface area contributed by atoms with Crippen LogP contribution < -0.4 is 5.32 Å². The van der Waals surface area contributed by atoms with Gasteiger partial charge in [0, 0.05) is 45.4 Å². The minimum atomic E-state index is -0.0774. The van der Waals surface area contributed by atoms with Gasteiger partial charge in [0.1, 0.15) is 0 Å². The number of amides is 1. The molecule has 0 aromatic heterocycles. The number of ether oxygens (including phenoxy) is 1. The minimum absolute atomic E-state index is 0.0774. The SMILES string of the molecule is C=CCNC(=O)[C@H](C)N1CCN(CCOCC)[C@@H](C)C1. The molecule has 0 radical (unpaired) electrons. The van der Waals surface area contributed by atoms with E-state index in [1.165, 1.54) is 0 Å². The van der Waals surface area contributed by atoms with Crippen LogP contribution in [0.3, 0.4) is 0 Å². The van der Waals surface area contributed by atoms with Crippen molar-refractivity contribution < 1.29 is 9.53 Å². The smallest absolute Gasteiger partial charge is 0.237 e. The molecule has 1 amide bonds. The van der Waals surface area contributed by atoms with Gasteiger partial charge in [0.2, 0.25) is 5.91 Å². The highest BCUT2D eigenvalue weighted by Gasteiger charge is 2.29. The standard InChI is InChI=1S/C15H29N3O2/c1-5-7-16-15(19)14(4)18-9-8-17(13(3)12-18)10-11-20-6-2/h5,13-14H,1,6-12H2,2-4H3,(H,16,19)/t13-,14-/m0/s1. The van der Waals surface area contributed by atoms with Gasteiger partial charge in [-0.05, 0) is 20.8 Å². The lowest BCUT2D eigenvalue weighted by molar-refractivity contribution is -0.126. The topological polar surface area (TPSA) is 44.8 Å². The minimum Gasteiger partial charge on any atom is -0.380 e. The fraction of sp³-hybridized carbons (Fsp3) is 0.800. The molecule has 1 fully saturated rings. The van der Waals surface area contributed by atoms with Crippen molar-refractivity contribution in [3.05, 3.63) is 12.7 Å². The highest BCUT2D eigenvalue weighted by molar-refractivity contribution is 5.81. The van der Waals surface area contributed by atoms with Gasteiger partial charge in [-0.1, -0.05) is 6.08 Å². The molecule has 0 aliphatic carbocycles. The van der Waals surface area contributed by atoms with Crippen molar-refractivity contribution in [2.75, 3.05) is 45.9 Å². The van der Waals surface area contributed by atoms with Crippen LogP contribution in [0.4, 0.5) is 0 Å². The second kappa shape index (κ2) is 9.10. The average Bonchev–Trinajstić information content (AvgIpc) is 2.45. The van der Waals surface area contributed by atoms with Crippen LogP contribution in [0.1, 0.15) is 20.8 Å². The van der Waals surface area contributed by atoms with Crippen molar-refractivity contribution in [2.24, 2.45) is 0 Å². The van der Waals surface area contributed by atoms with Crippen LogP contribution in [0.2, 0.25) is 0 Å². The summed E-state index contributed by atoms with van der Waals surface area (Å²) in [6.45, 7) is 15.7. The molecule has 0 bridgehead atoms. The van der Waals surface area contributed by atoms with Gasteiger partial charge in [-0.15, -0.1) is 6.58 Å². The Morgan fingerprint density at radius 1 is 1.55 bits per heavy atom. The van der Waals surface area contributed by atoms with Crippen LogP contribution in [0.5, 0.6) is 0 Å². The highest BCUT2D eigenvalue weighted by atomic mass is 16.5. The maximum absolute atomic E-state index is 12.0. The zero-order valence-electron chi connectivity index (χ0n) is 13.1. The van der Waals surface area contributed by atoms with Crippen molar-refractivity contribution in [1.82, 2.24) is 15.1 Å². The molecule has 1 heterocycles. The Kier molecular flexibility index (Phi) is 7.80. The predicted molar refractivity (Wildman–Crippen MR) is 81.8 cm³/mol. The third-order valence-electron chi connectivity index (χ3n) is 3.87. The molecule has 2 atom stereocenters. The molecule has 1 rings (SSSR count). The van der Waals surface area contributed by atoms with E-state index < -0.39 is 0 Å². The summed E-state index contributed by atoms with van der Waals surface area (Å²) in [5, 5.41) is 2.87. The molecule has 1 aliphatic rings. The number of carbonyl (C=O) groups excluding carboxylic acids is 1. The molecular weight excluding hydrogens is 254 g/mol. The highest BCUT2D eigenvalue weighted by Crippen LogP contribution is 2.12. The van der Waals surface area contributed by atoms with E-state index in [4.69, 9.17) is 4.74 Å². The number of rotatable bonds is 8. The van der Waals surface area contributed by atoms with Crippen LogP contribution in [-0.2, 0) is 9.53 Å². The summed E-state index contributed by atoms with van der Waals surface area (Å²) in [5.74, 6) is 0.0832. The van der Waals surface area contributed by atoms with E-state index in [0.29, 0.717) is 12.6 Å². The zero-order valence-corrected chi connectivity index (χ0v) is 13.1. The lowest BCUT2D eigenvalue weighted by Crippen LogP contribution is -2.57. The maximum atomic E-state index is 12.0. The van der Waals surface area contributed by atoms with E-state index in [1.807, 2.05) is 13.8 Å².